The van der Waals surface area contributed by atoms with E-state index in [9.17, 15) is 4.79 Å². The average molecular weight is 448 g/mol. The minimum atomic E-state index is -0.331. The molecule has 0 radical (unpaired) electrons. The van der Waals surface area contributed by atoms with Crippen molar-refractivity contribution in [3.63, 3.8) is 0 Å². The summed E-state index contributed by atoms with van der Waals surface area (Å²) in [6, 6.07) is 9.94. The molecule has 0 saturated carbocycles. The summed E-state index contributed by atoms with van der Waals surface area (Å²) in [6.45, 7) is 6.07. The normalized spacial score (nSPS) is 19.6. The first-order valence-electron chi connectivity index (χ1n) is 10.8. The number of thiophene rings is 1. The quantitative estimate of drug-likeness (QED) is 0.387. The fourth-order valence-corrected chi connectivity index (χ4v) is 4.41. The highest BCUT2D eigenvalue weighted by Gasteiger charge is 2.39. The predicted octanol–water partition coefficient (Wildman–Crippen LogP) is 4.26. The van der Waals surface area contributed by atoms with Crippen LogP contribution in [0.5, 0.6) is 5.75 Å². The molecule has 2 unspecified atom stereocenters. The molecule has 7 heteroatoms. The van der Waals surface area contributed by atoms with Gasteiger partial charge in [-0.05, 0) is 41.5 Å². The van der Waals surface area contributed by atoms with E-state index in [4.69, 9.17) is 24.7 Å². The van der Waals surface area contributed by atoms with Gasteiger partial charge in [-0.3, -0.25) is 4.79 Å². The zero-order chi connectivity index (χ0) is 22.2. The zero-order valence-corrected chi connectivity index (χ0v) is 19.4. The lowest BCUT2D eigenvalue weighted by Gasteiger charge is -2.18. The summed E-state index contributed by atoms with van der Waals surface area (Å²) >= 11 is 1.68. The molecule has 1 aliphatic rings. The highest BCUT2D eigenvalue weighted by atomic mass is 32.1. The number of nitrogens with two attached hydrogens (primary N) is 1. The number of rotatable bonds is 12. The summed E-state index contributed by atoms with van der Waals surface area (Å²) in [7, 11) is 1.69. The van der Waals surface area contributed by atoms with Crippen LogP contribution in [0.3, 0.4) is 0 Å². The molecular formula is C24H33NO5S. The van der Waals surface area contributed by atoms with E-state index in [1.807, 2.05) is 32.0 Å². The van der Waals surface area contributed by atoms with Crippen LogP contribution in [0.25, 0.3) is 10.4 Å². The van der Waals surface area contributed by atoms with Crippen LogP contribution in [0.15, 0.2) is 35.7 Å². The molecule has 1 aliphatic heterocycles. The van der Waals surface area contributed by atoms with E-state index in [0.717, 1.165) is 23.3 Å². The molecule has 1 fully saturated rings. The van der Waals surface area contributed by atoms with Gasteiger partial charge in [0.25, 0.3) is 0 Å². The van der Waals surface area contributed by atoms with Crippen LogP contribution < -0.4 is 10.5 Å². The van der Waals surface area contributed by atoms with E-state index in [1.54, 1.807) is 18.4 Å². The van der Waals surface area contributed by atoms with Crippen LogP contribution in [0.1, 0.15) is 32.3 Å². The summed E-state index contributed by atoms with van der Waals surface area (Å²) in [5.41, 5.74) is 8.33. The summed E-state index contributed by atoms with van der Waals surface area (Å²) in [6.07, 6.45) is 1.21. The molecule has 170 valence electrons. The molecule has 1 saturated heterocycles. The van der Waals surface area contributed by atoms with Crippen LogP contribution in [-0.2, 0) is 25.6 Å². The van der Waals surface area contributed by atoms with E-state index in [-0.39, 0.29) is 30.0 Å². The van der Waals surface area contributed by atoms with E-state index in [2.05, 4.69) is 17.5 Å². The lowest BCUT2D eigenvalue weighted by molar-refractivity contribution is -0.146. The Hall–Kier alpha value is -1.93. The number of carbonyl (C=O) groups is 1. The van der Waals surface area contributed by atoms with Gasteiger partial charge in [-0.2, -0.15) is 0 Å². The topological polar surface area (TPSA) is 80.0 Å². The Morgan fingerprint density at radius 1 is 1.26 bits per heavy atom. The first-order chi connectivity index (χ1) is 15.0. The standard InChI is InChI=1S/C24H33NO5S/c1-16(2)19-13-22(30-24(19)26)20(25)15-28-14-17-7-8-18(23-6-4-11-31-23)21(12-17)29-10-5-9-27-3/h4,6-8,11-12,16,19-20,22H,5,9-10,13-15,25H2,1-3H3/t19-,20?,22?/m0/s1. The summed E-state index contributed by atoms with van der Waals surface area (Å²) in [5, 5.41) is 2.06. The van der Waals surface area contributed by atoms with Gasteiger partial charge in [0.1, 0.15) is 11.9 Å². The van der Waals surface area contributed by atoms with Crippen LogP contribution in [0.4, 0.5) is 0 Å². The summed E-state index contributed by atoms with van der Waals surface area (Å²) in [4.78, 5) is 13.1. The minimum absolute atomic E-state index is 0.0707. The van der Waals surface area contributed by atoms with E-state index >= 15 is 0 Å². The van der Waals surface area contributed by atoms with Gasteiger partial charge in [-0.1, -0.05) is 26.0 Å². The second-order valence-corrected chi connectivity index (χ2v) is 9.19. The van der Waals surface area contributed by atoms with Gasteiger partial charge in [-0.15, -0.1) is 11.3 Å². The van der Waals surface area contributed by atoms with Crippen LogP contribution in [0.2, 0.25) is 0 Å². The molecule has 2 heterocycles. The van der Waals surface area contributed by atoms with Gasteiger partial charge in [0, 0.05) is 30.6 Å². The molecule has 31 heavy (non-hydrogen) atoms. The van der Waals surface area contributed by atoms with Crippen molar-refractivity contribution in [1.29, 1.82) is 0 Å². The zero-order valence-electron chi connectivity index (χ0n) is 18.5. The number of ether oxygens (including phenoxy) is 4. The van der Waals surface area contributed by atoms with Crippen molar-refractivity contribution in [2.45, 2.75) is 45.4 Å². The second-order valence-electron chi connectivity index (χ2n) is 8.24. The van der Waals surface area contributed by atoms with Gasteiger partial charge in [0.2, 0.25) is 0 Å². The molecule has 3 rings (SSSR count). The van der Waals surface area contributed by atoms with Crippen LogP contribution >= 0.6 is 11.3 Å². The van der Waals surface area contributed by atoms with Crippen molar-refractivity contribution in [2.24, 2.45) is 17.6 Å². The van der Waals surface area contributed by atoms with Gasteiger partial charge in [-0.25, -0.2) is 0 Å². The average Bonchev–Trinajstić information content (AvgIpc) is 3.41. The molecule has 2 N–H and O–H groups in total. The Bertz CT molecular complexity index is 823. The van der Waals surface area contributed by atoms with Crippen molar-refractivity contribution < 1.29 is 23.7 Å². The lowest BCUT2D eigenvalue weighted by Crippen LogP contribution is -2.38. The lowest BCUT2D eigenvalue weighted by atomic mass is 9.91. The summed E-state index contributed by atoms with van der Waals surface area (Å²) in [5.74, 6) is 0.886. The molecule has 0 aliphatic carbocycles. The summed E-state index contributed by atoms with van der Waals surface area (Å²) < 4.78 is 22.5. The van der Waals surface area contributed by atoms with Gasteiger partial charge >= 0.3 is 5.97 Å². The smallest absolute Gasteiger partial charge is 0.309 e. The van der Waals surface area contributed by atoms with Crippen molar-refractivity contribution >= 4 is 17.3 Å². The van der Waals surface area contributed by atoms with E-state index in [0.29, 0.717) is 32.8 Å². The van der Waals surface area contributed by atoms with Crippen molar-refractivity contribution in [2.75, 3.05) is 26.9 Å². The SMILES string of the molecule is COCCCOc1cc(COCC(N)C2C[C@@H](C(C)C)C(=O)O2)ccc1-c1cccs1. The second kappa shape index (κ2) is 11.6. The molecule has 0 bridgehead atoms. The van der Waals surface area contributed by atoms with Crippen LogP contribution in [-0.4, -0.2) is 45.0 Å². The highest BCUT2D eigenvalue weighted by Crippen LogP contribution is 2.34. The maximum Gasteiger partial charge on any atom is 0.309 e. The van der Waals surface area contributed by atoms with E-state index < -0.39 is 0 Å². The number of hydrogen-bond acceptors (Lipinski definition) is 7. The van der Waals surface area contributed by atoms with Crippen molar-refractivity contribution in [1.82, 2.24) is 0 Å². The third-order valence-corrected chi connectivity index (χ3v) is 6.40. The molecule has 6 nitrogen and oxygen atoms in total. The number of methoxy groups -OCH3 is 1. The Morgan fingerprint density at radius 3 is 2.77 bits per heavy atom. The molecule has 3 atom stereocenters. The fraction of sp³-hybridized carbons (Fsp3) is 0.542. The minimum Gasteiger partial charge on any atom is -0.493 e. The number of benzene rings is 1. The molecule has 2 aromatic rings. The monoisotopic (exact) mass is 447 g/mol. The van der Waals surface area contributed by atoms with Gasteiger partial charge in [0.05, 0.1) is 31.8 Å². The molecular weight excluding hydrogens is 414 g/mol. The van der Waals surface area contributed by atoms with E-state index in [1.165, 1.54) is 4.88 Å². The van der Waals surface area contributed by atoms with Crippen molar-refractivity contribution in [3.8, 4) is 16.2 Å². The van der Waals surface area contributed by atoms with Gasteiger partial charge in [0.15, 0.2) is 0 Å². The fourth-order valence-electron chi connectivity index (χ4n) is 3.65. The highest BCUT2D eigenvalue weighted by molar-refractivity contribution is 7.13. The first kappa shape index (κ1) is 23.7. The molecule has 0 spiro atoms. The van der Waals surface area contributed by atoms with Crippen molar-refractivity contribution in [3.05, 3.63) is 41.3 Å². The first-order valence-corrected chi connectivity index (χ1v) is 11.7. The third-order valence-electron chi connectivity index (χ3n) is 5.50. The molecule has 0 amide bonds. The largest absolute Gasteiger partial charge is 0.493 e. The Kier molecular flexibility index (Phi) is 8.90. The number of esters is 1. The third kappa shape index (κ3) is 6.53. The van der Waals surface area contributed by atoms with Gasteiger partial charge < -0.3 is 24.7 Å². The maximum atomic E-state index is 12.0. The predicted molar refractivity (Wildman–Crippen MR) is 122 cm³/mol. The maximum absolute atomic E-state index is 12.0. The van der Waals surface area contributed by atoms with Crippen LogP contribution in [0, 0.1) is 11.8 Å². The number of cyclic esters (lactones) is 1. The Balaban J connectivity index is 1.56. The number of carbonyl (C=O) groups excluding carboxylic acids is 1. The molecule has 1 aromatic carbocycles. The molecule has 1 aromatic heterocycles. The number of hydrogen-bond donors (Lipinski definition) is 1. The Labute approximate surface area is 188 Å². The Morgan fingerprint density at radius 2 is 2.10 bits per heavy atom.